The highest BCUT2D eigenvalue weighted by molar-refractivity contribution is 5.96. The van der Waals surface area contributed by atoms with Gasteiger partial charge < -0.3 is 20.0 Å². The number of carboxylic acid groups (broad SMARTS) is 1. The highest BCUT2D eigenvalue weighted by Crippen LogP contribution is 2.67. The van der Waals surface area contributed by atoms with Crippen molar-refractivity contribution in [1.82, 2.24) is 4.90 Å². The minimum Gasteiger partial charge on any atom is -0.480 e. The van der Waals surface area contributed by atoms with Crippen molar-refractivity contribution in [2.75, 3.05) is 13.2 Å². The number of nitrogens with zero attached hydrogens (tertiary/aromatic N) is 2. The molecule has 188 valence electrons. The number of rotatable bonds is 4. The molecule has 5 aliphatic rings. The molecule has 0 bridgehead atoms. The molecule has 1 aliphatic heterocycles. The van der Waals surface area contributed by atoms with Gasteiger partial charge in [-0.15, -0.1) is 0 Å². The molecule has 0 aromatic carbocycles. The first-order valence-electron chi connectivity index (χ1n) is 13.2. The Balaban J connectivity index is 1.25. The molecule has 2 N–H and O–H groups in total. The third-order valence-corrected chi connectivity index (χ3v) is 10.8. The first kappa shape index (κ1) is 23.8. The van der Waals surface area contributed by atoms with Gasteiger partial charge >= 0.3 is 5.97 Å². The number of aliphatic carboxylic acids is 1. The number of oxime groups is 1. The van der Waals surface area contributed by atoms with Gasteiger partial charge in [-0.2, -0.15) is 0 Å². The Morgan fingerprint density at radius 3 is 2.62 bits per heavy atom. The number of likely N-dealkylation sites (tertiary alicyclic amines) is 1. The van der Waals surface area contributed by atoms with E-state index in [0.717, 1.165) is 44.2 Å². The van der Waals surface area contributed by atoms with Crippen molar-refractivity contribution < 1.29 is 24.6 Å². The van der Waals surface area contributed by atoms with E-state index in [-0.39, 0.29) is 23.3 Å². The van der Waals surface area contributed by atoms with Crippen LogP contribution in [0.15, 0.2) is 16.8 Å². The molecule has 0 spiro atoms. The Morgan fingerprint density at radius 2 is 1.85 bits per heavy atom. The van der Waals surface area contributed by atoms with Crippen molar-refractivity contribution in [3.8, 4) is 0 Å². The number of fused-ring (bicyclic) bond motifs is 5. The zero-order chi connectivity index (χ0) is 24.3. The fourth-order valence-corrected chi connectivity index (χ4v) is 8.46. The maximum absolute atomic E-state index is 12.4. The minimum absolute atomic E-state index is 0.0440. The number of hydrogen-bond acceptors (Lipinski definition) is 5. The maximum Gasteiger partial charge on any atom is 0.326 e. The van der Waals surface area contributed by atoms with Gasteiger partial charge in [0, 0.05) is 6.54 Å². The molecule has 0 unspecified atom stereocenters. The Morgan fingerprint density at radius 1 is 1.09 bits per heavy atom. The summed E-state index contributed by atoms with van der Waals surface area (Å²) in [5, 5.41) is 24.7. The molecule has 1 heterocycles. The van der Waals surface area contributed by atoms with E-state index in [0.29, 0.717) is 37.1 Å². The van der Waals surface area contributed by atoms with Crippen LogP contribution in [0.1, 0.15) is 85.0 Å². The van der Waals surface area contributed by atoms with E-state index in [4.69, 9.17) is 4.84 Å². The normalized spacial score (nSPS) is 44.8. The molecular formula is C27H40N2O5. The van der Waals surface area contributed by atoms with E-state index < -0.39 is 17.6 Å². The molecule has 1 saturated heterocycles. The van der Waals surface area contributed by atoms with E-state index in [9.17, 15) is 19.8 Å². The summed E-state index contributed by atoms with van der Waals surface area (Å²) in [5.74, 6) is 0.704. The van der Waals surface area contributed by atoms with Crippen LogP contribution in [0.3, 0.4) is 0 Å². The van der Waals surface area contributed by atoms with Crippen molar-refractivity contribution in [2.24, 2.45) is 33.7 Å². The smallest absolute Gasteiger partial charge is 0.326 e. The van der Waals surface area contributed by atoms with Gasteiger partial charge in [0.05, 0.1) is 11.3 Å². The number of allylic oxidation sites excluding steroid dienone is 2. The molecule has 1 amide bonds. The molecule has 5 rings (SSSR count). The summed E-state index contributed by atoms with van der Waals surface area (Å²) in [5.41, 5.74) is 2.03. The molecular weight excluding hydrogens is 432 g/mol. The first-order chi connectivity index (χ1) is 16.1. The topological polar surface area (TPSA) is 99.4 Å². The van der Waals surface area contributed by atoms with Crippen LogP contribution in [-0.2, 0) is 14.4 Å². The second-order valence-corrected chi connectivity index (χ2v) is 12.2. The highest BCUT2D eigenvalue weighted by Gasteiger charge is 2.62. The van der Waals surface area contributed by atoms with Crippen LogP contribution in [0.25, 0.3) is 0 Å². The Bertz CT molecular complexity index is 926. The number of carboxylic acids is 1. The average molecular weight is 473 g/mol. The van der Waals surface area contributed by atoms with Crippen LogP contribution in [-0.4, -0.2) is 57.5 Å². The molecule has 3 saturated carbocycles. The zero-order valence-corrected chi connectivity index (χ0v) is 20.9. The minimum atomic E-state index is -0.951. The third-order valence-electron chi connectivity index (χ3n) is 10.8. The number of hydrogen-bond donors (Lipinski definition) is 2. The molecule has 7 atom stereocenters. The second-order valence-electron chi connectivity index (χ2n) is 12.2. The van der Waals surface area contributed by atoms with E-state index in [1.54, 1.807) is 0 Å². The lowest BCUT2D eigenvalue weighted by Gasteiger charge is -2.59. The molecule has 0 aromatic rings. The Hall–Kier alpha value is -1.89. The molecule has 0 radical (unpaired) electrons. The Kier molecular flexibility index (Phi) is 5.85. The number of carbonyl (C=O) groups excluding carboxylic acids is 1. The van der Waals surface area contributed by atoms with Crippen LogP contribution in [0, 0.1) is 28.6 Å². The van der Waals surface area contributed by atoms with Crippen LogP contribution in [0.2, 0.25) is 0 Å². The molecule has 34 heavy (non-hydrogen) atoms. The summed E-state index contributed by atoms with van der Waals surface area (Å²) < 4.78 is 0. The molecule has 0 aromatic heterocycles. The highest BCUT2D eigenvalue weighted by atomic mass is 16.6. The summed E-state index contributed by atoms with van der Waals surface area (Å²) in [6.45, 7) is 7.09. The first-order valence-corrected chi connectivity index (χ1v) is 13.2. The molecule has 4 fully saturated rings. The second kappa shape index (κ2) is 8.35. The summed E-state index contributed by atoms with van der Waals surface area (Å²) in [6.07, 6.45) is 11.9. The van der Waals surface area contributed by atoms with E-state index >= 15 is 0 Å². The average Bonchev–Trinajstić information content (AvgIpc) is 3.37. The Labute approximate surface area is 202 Å². The van der Waals surface area contributed by atoms with Crippen molar-refractivity contribution in [3.63, 3.8) is 0 Å². The van der Waals surface area contributed by atoms with Gasteiger partial charge in [-0.1, -0.05) is 24.6 Å². The molecule has 7 nitrogen and oxygen atoms in total. The summed E-state index contributed by atoms with van der Waals surface area (Å²) in [4.78, 5) is 30.6. The van der Waals surface area contributed by atoms with Crippen molar-refractivity contribution in [2.45, 2.75) is 96.6 Å². The number of aliphatic hydroxyl groups is 1. The van der Waals surface area contributed by atoms with Crippen LogP contribution < -0.4 is 0 Å². The lowest BCUT2D eigenvalue weighted by Crippen LogP contribution is -2.53. The van der Waals surface area contributed by atoms with Gasteiger partial charge in [0.2, 0.25) is 0 Å². The van der Waals surface area contributed by atoms with Gasteiger partial charge in [-0.3, -0.25) is 4.79 Å². The van der Waals surface area contributed by atoms with Gasteiger partial charge in [-0.25, -0.2) is 4.79 Å². The van der Waals surface area contributed by atoms with Crippen LogP contribution in [0.5, 0.6) is 0 Å². The van der Waals surface area contributed by atoms with E-state index in [1.807, 2.05) is 0 Å². The van der Waals surface area contributed by atoms with Crippen molar-refractivity contribution >= 4 is 17.6 Å². The summed E-state index contributed by atoms with van der Waals surface area (Å²) in [6, 6.07) is -0.739. The number of carbonyl (C=O) groups is 2. The van der Waals surface area contributed by atoms with Crippen molar-refractivity contribution in [1.29, 1.82) is 0 Å². The standard InChI is InChI=1S/C27H40N2O5/c1-25-11-8-18(28-34-16-23(30)29-14-4-5-22(29)24(31)32)15-17(25)6-7-19-20(25)9-12-26(2)21(19)10-13-27(26,3)33/h15,19-22,33H,4-14,16H2,1-3H3,(H,31,32)/t19-,20+,21+,22-,25+,26+,27+/m1/s1. The van der Waals surface area contributed by atoms with Crippen LogP contribution in [0.4, 0.5) is 0 Å². The predicted molar refractivity (Wildman–Crippen MR) is 128 cm³/mol. The summed E-state index contributed by atoms with van der Waals surface area (Å²) in [7, 11) is 0. The lowest BCUT2D eigenvalue weighted by atomic mass is 9.46. The lowest BCUT2D eigenvalue weighted by molar-refractivity contribution is -0.150. The largest absolute Gasteiger partial charge is 0.480 e. The fraction of sp³-hybridized carbons (Fsp3) is 0.815. The van der Waals surface area contributed by atoms with Crippen LogP contribution >= 0.6 is 0 Å². The number of amides is 1. The monoisotopic (exact) mass is 472 g/mol. The maximum atomic E-state index is 12.4. The van der Waals surface area contributed by atoms with Crippen molar-refractivity contribution in [3.05, 3.63) is 11.6 Å². The van der Waals surface area contributed by atoms with Gasteiger partial charge in [0.25, 0.3) is 5.91 Å². The van der Waals surface area contributed by atoms with Gasteiger partial charge in [0.1, 0.15) is 6.04 Å². The SMILES string of the molecule is C[C@]12CCC(=NOCC(=O)N3CCC[C@@H]3C(=O)O)C=C1CC[C@@H]1[C@@H]2CC[C@@]2(C)[C@H]1CC[C@]2(C)O. The molecule has 4 aliphatic carbocycles. The quantitative estimate of drug-likeness (QED) is 0.599. The zero-order valence-electron chi connectivity index (χ0n) is 20.9. The van der Waals surface area contributed by atoms with Gasteiger partial charge in [0.15, 0.2) is 6.61 Å². The summed E-state index contributed by atoms with van der Waals surface area (Å²) >= 11 is 0. The predicted octanol–water partition coefficient (Wildman–Crippen LogP) is 4.15. The third kappa shape index (κ3) is 3.61. The van der Waals surface area contributed by atoms with Gasteiger partial charge in [-0.05, 0) is 106 Å². The van der Waals surface area contributed by atoms with E-state index in [2.05, 4.69) is 32.0 Å². The molecule has 7 heteroatoms. The fourth-order valence-electron chi connectivity index (χ4n) is 8.46. The van der Waals surface area contributed by atoms with E-state index in [1.165, 1.54) is 23.3 Å².